The predicted molar refractivity (Wildman–Crippen MR) is 106 cm³/mol. The number of ether oxygens (including phenoxy) is 1. The van der Waals surface area contributed by atoms with Crippen LogP contribution in [0, 0.1) is 11.8 Å². The quantitative estimate of drug-likeness (QED) is 0.705. The Morgan fingerprint density at radius 3 is 2.37 bits per heavy atom. The van der Waals surface area contributed by atoms with Gasteiger partial charge < -0.3 is 15.0 Å². The van der Waals surface area contributed by atoms with Gasteiger partial charge in [0.25, 0.3) is 0 Å². The van der Waals surface area contributed by atoms with Crippen molar-refractivity contribution in [1.82, 2.24) is 5.16 Å². The lowest BCUT2D eigenvalue weighted by Gasteiger charge is -2.33. The molecule has 0 aliphatic heterocycles. The Bertz CT molecular complexity index is 814. The van der Waals surface area contributed by atoms with Crippen molar-refractivity contribution < 1.29 is 9.26 Å². The Kier molecular flexibility index (Phi) is 4.71. The van der Waals surface area contributed by atoms with E-state index in [0.29, 0.717) is 40.4 Å². The molecule has 3 aliphatic carbocycles. The highest BCUT2D eigenvalue weighted by Crippen LogP contribution is 2.47. The molecule has 0 unspecified atom stereocenters. The van der Waals surface area contributed by atoms with Crippen molar-refractivity contribution in [2.24, 2.45) is 17.6 Å². The van der Waals surface area contributed by atoms with E-state index in [4.69, 9.17) is 38.2 Å². The molecule has 2 aromatic rings. The summed E-state index contributed by atoms with van der Waals surface area (Å²) in [5.74, 6) is 2.60. The van der Waals surface area contributed by atoms with E-state index in [0.717, 1.165) is 48.3 Å². The zero-order valence-electron chi connectivity index (χ0n) is 15.2. The third-order valence-corrected chi connectivity index (χ3v) is 7.19. The Hall–Kier alpha value is -1.07. The standard InChI is InChI=1S/C21H24Cl2N2O2/c22-16-2-1-3-17(23)18(16)20-15(21(27-25-20)11-4-5-11)10-26-14-8-12-6-7-13(9-14)19(12)24/h1-3,11-14,19H,4-10,24H2/t12-,13+,14+,19-. The molecule has 1 aromatic carbocycles. The van der Waals surface area contributed by atoms with Crippen LogP contribution in [-0.2, 0) is 11.3 Å². The summed E-state index contributed by atoms with van der Waals surface area (Å²) in [6, 6.07) is 5.87. The van der Waals surface area contributed by atoms with Crippen LogP contribution in [0.5, 0.6) is 0 Å². The first-order valence-corrected chi connectivity index (χ1v) is 10.7. The molecule has 6 heteroatoms. The van der Waals surface area contributed by atoms with Crippen LogP contribution >= 0.6 is 23.2 Å². The highest BCUT2D eigenvalue weighted by molar-refractivity contribution is 6.39. The van der Waals surface area contributed by atoms with E-state index in [1.165, 1.54) is 12.8 Å². The van der Waals surface area contributed by atoms with Crippen LogP contribution in [0.4, 0.5) is 0 Å². The van der Waals surface area contributed by atoms with Gasteiger partial charge in [-0.3, -0.25) is 0 Å². The average molecular weight is 407 g/mol. The van der Waals surface area contributed by atoms with Crippen LogP contribution in [0.2, 0.25) is 10.0 Å². The largest absolute Gasteiger partial charge is 0.373 e. The average Bonchev–Trinajstić information content (AvgIpc) is 3.38. The van der Waals surface area contributed by atoms with Gasteiger partial charge in [0.15, 0.2) is 0 Å². The fourth-order valence-electron chi connectivity index (χ4n) is 4.90. The molecule has 0 radical (unpaired) electrons. The van der Waals surface area contributed by atoms with Crippen LogP contribution in [0.3, 0.4) is 0 Å². The minimum Gasteiger partial charge on any atom is -0.373 e. The minimum absolute atomic E-state index is 0.263. The molecule has 0 saturated heterocycles. The molecule has 4 atom stereocenters. The Morgan fingerprint density at radius 2 is 1.74 bits per heavy atom. The van der Waals surface area contributed by atoms with Crippen LogP contribution in [-0.4, -0.2) is 17.3 Å². The Labute approximate surface area is 169 Å². The molecule has 0 amide bonds. The van der Waals surface area contributed by atoms with Gasteiger partial charge >= 0.3 is 0 Å². The minimum atomic E-state index is 0.263. The molecular weight excluding hydrogens is 383 g/mol. The predicted octanol–water partition coefficient (Wildman–Crippen LogP) is 5.56. The van der Waals surface area contributed by atoms with Gasteiger partial charge in [0.05, 0.1) is 22.8 Å². The lowest BCUT2D eigenvalue weighted by atomic mass is 9.83. The Balaban J connectivity index is 1.41. The van der Waals surface area contributed by atoms with E-state index >= 15 is 0 Å². The summed E-state index contributed by atoms with van der Waals surface area (Å²) in [6.45, 7) is 0.492. The molecule has 1 heterocycles. The highest BCUT2D eigenvalue weighted by Gasteiger charge is 2.41. The number of nitrogens with two attached hydrogens (primary N) is 1. The third kappa shape index (κ3) is 3.31. The first kappa shape index (κ1) is 18.0. The van der Waals surface area contributed by atoms with Crippen molar-refractivity contribution in [1.29, 1.82) is 0 Å². The zero-order valence-corrected chi connectivity index (χ0v) is 16.7. The fourth-order valence-corrected chi connectivity index (χ4v) is 5.48. The SMILES string of the molecule is N[C@@H]1[C@@H]2CC[C@H]1C[C@@H](OCc1c(-c3c(Cl)cccc3Cl)noc1C1CC1)C2. The van der Waals surface area contributed by atoms with Crippen LogP contribution < -0.4 is 5.73 Å². The molecule has 2 bridgehead atoms. The molecule has 0 spiro atoms. The second kappa shape index (κ2) is 7.07. The number of rotatable bonds is 5. The second-order valence-electron chi connectivity index (χ2n) is 8.32. The third-order valence-electron chi connectivity index (χ3n) is 6.56. The van der Waals surface area contributed by atoms with Crippen LogP contribution in [0.25, 0.3) is 11.3 Å². The molecule has 3 saturated carbocycles. The van der Waals surface area contributed by atoms with E-state index in [2.05, 4.69) is 5.16 Å². The number of fused-ring (bicyclic) bond motifs is 2. The van der Waals surface area contributed by atoms with Crippen LogP contribution in [0.15, 0.2) is 22.7 Å². The summed E-state index contributed by atoms with van der Waals surface area (Å²) in [6.07, 6.45) is 7.15. The molecule has 3 aliphatic rings. The van der Waals surface area contributed by atoms with Gasteiger partial charge in [-0.15, -0.1) is 0 Å². The monoisotopic (exact) mass is 406 g/mol. The number of nitrogens with zero attached hydrogens (tertiary/aromatic N) is 1. The molecule has 144 valence electrons. The number of benzene rings is 1. The molecule has 2 N–H and O–H groups in total. The maximum atomic E-state index is 6.43. The van der Waals surface area contributed by atoms with Crippen LogP contribution in [0.1, 0.15) is 55.8 Å². The lowest BCUT2D eigenvalue weighted by Crippen LogP contribution is -2.40. The summed E-state index contributed by atoms with van der Waals surface area (Å²) in [7, 11) is 0. The summed E-state index contributed by atoms with van der Waals surface area (Å²) < 4.78 is 12.1. The fraction of sp³-hybridized carbons (Fsp3) is 0.571. The van der Waals surface area contributed by atoms with E-state index in [1.54, 1.807) is 0 Å². The molecule has 27 heavy (non-hydrogen) atoms. The van der Waals surface area contributed by atoms with Gasteiger partial charge in [0, 0.05) is 23.1 Å². The maximum absolute atomic E-state index is 6.43. The van der Waals surface area contributed by atoms with Crippen molar-refractivity contribution in [2.75, 3.05) is 0 Å². The maximum Gasteiger partial charge on any atom is 0.145 e. The molecule has 3 fully saturated rings. The highest BCUT2D eigenvalue weighted by atomic mass is 35.5. The summed E-state index contributed by atoms with van der Waals surface area (Å²) >= 11 is 12.9. The van der Waals surface area contributed by atoms with Crippen molar-refractivity contribution in [3.8, 4) is 11.3 Å². The summed E-state index contributed by atoms with van der Waals surface area (Å²) in [5.41, 5.74) is 8.80. The number of halogens is 2. The molecular formula is C21H24Cl2N2O2. The molecule has 4 nitrogen and oxygen atoms in total. The van der Waals surface area contributed by atoms with Gasteiger partial charge in [0.2, 0.25) is 0 Å². The summed E-state index contributed by atoms with van der Waals surface area (Å²) in [5, 5.41) is 5.51. The van der Waals surface area contributed by atoms with Gasteiger partial charge in [-0.05, 0) is 62.5 Å². The second-order valence-corrected chi connectivity index (χ2v) is 9.14. The van der Waals surface area contributed by atoms with Gasteiger partial charge in [-0.25, -0.2) is 0 Å². The van der Waals surface area contributed by atoms with Crippen molar-refractivity contribution in [2.45, 2.75) is 63.2 Å². The molecule has 5 rings (SSSR count). The topological polar surface area (TPSA) is 61.3 Å². The van der Waals surface area contributed by atoms with Gasteiger partial charge in [0.1, 0.15) is 11.5 Å². The summed E-state index contributed by atoms with van der Waals surface area (Å²) in [4.78, 5) is 0. The van der Waals surface area contributed by atoms with Crippen molar-refractivity contribution >= 4 is 23.2 Å². The Morgan fingerprint density at radius 1 is 1.07 bits per heavy atom. The number of hydrogen-bond donors (Lipinski definition) is 1. The normalized spacial score (nSPS) is 30.0. The van der Waals surface area contributed by atoms with Crippen molar-refractivity contribution in [3.63, 3.8) is 0 Å². The van der Waals surface area contributed by atoms with Gasteiger partial charge in [-0.2, -0.15) is 0 Å². The number of aromatic nitrogens is 1. The van der Waals surface area contributed by atoms with E-state index in [1.807, 2.05) is 18.2 Å². The smallest absolute Gasteiger partial charge is 0.145 e. The van der Waals surface area contributed by atoms with Gasteiger partial charge in [-0.1, -0.05) is 34.4 Å². The van der Waals surface area contributed by atoms with E-state index in [9.17, 15) is 0 Å². The van der Waals surface area contributed by atoms with Crippen molar-refractivity contribution in [3.05, 3.63) is 39.6 Å². The first-order valence-electron chi connectivity index (χ1n) is 9.91. The van der Waals surface area contributed by atoms with E-state index < -0.39 is 0 Å². The lowest BCUT2D eigenvalue weighted by molar-refractivity contribution is -0.00648. The number of hydrogen-bond acceptors (Lipinski definition) is 4. The molecule has 1 aromatic heterocycles. The van der Waals surface area contributed by atoms with E-state index in [-0.39, 0.29) is 6.10 Å². The first-order chi connectivity index (χ1) is 13.1. The zero-order chi connectivity index (χ0) is 18.5.